The SMILES string of the molecule is CC(C)(CCCCO)CN(C[C@@H](O)[C@H](Cc1cccc(C(C)(C)C)c1)NC(=O)O)S(=O)(=O)c1ccc2c(c1)OCO2. The first-order chi connectivity index (χ1) is 19.1. The lowest BCUT2D eigenvalue weighted by Crippen LogP contribution is -2.51. The zero-order valence-electron chi connectivity index (χ0n) is 24.6. The zero-order valence-corrected chi connectivity index (χ0v) is 25.4. The first-order valence-corrected chi connectivity index (χ1v) is 15.3. The van der Waals surface area contributed by atoms with Crippen LogP contribution >= 0.6 is 0 Å². The molecule has 10 nitrogen and oxygen atoms in total. The first kappa shape index (κ1) is 32.7. The number of benzene rings is 2. The van der Waals surface area contributed by atoms with Crippen molar-refractivity contribution in [2.24, 2.45) is 5.41 Å². The van der Waals surface area contributed by atoms with Gasteiger partial charge in [-0.1, -0.05) is 65.3 Å². The number of amides is 1. The maximum absolute atomic E-state index is 14.0. The average molecular weight is 593 g/mol. The van der Waals surface area contributed by atoms with Crippen molar-refractivity contribution in [2.45, 2.75) is 82.8 Å². The summed E-state index contributed by atoms with van der Waals surface area (Å²) in [7, 11) is -4.13. The molecule has 1 aliphatic rings. The number of aliphatic hydroxyl groups is 2. The van der Waals surface area contributed by atoms with Gasteiger partial charge in [-0.2, -0.15) is 4.31 Å². The van der Waals surface area contributed by atoms with Gasteiger partial charge < -0.3 is 30.1 Å². The van der Waals surface area contributed by atoms with E-state index in [1.807, 2.05) is 38.1 Å². The Kier molecular flexibility index (Phi) is 10.7. The molecule has 0 radical (unpaired) electrons. The van der Waals surface area contributed by atoms with Crippen molar-refractivity contribution < 1.29 is 38.0 Å². The number of unbranched alkanes of at least 4 members (excludes halogenated alkanes) is 1. The van der Waals surface area contributed by atoms with Gasteiger partial charge in [-0.3, -0.25) is 0 Å². The van der Waals surface area contributed by atoms with Crippen LogP contribution in [-0.4, -0.2) is 72.8 Å². The van der Waals surface area contributed by atoms with E-state index >= 15 is 0 Å². The Balaban J connectivity index is 1.92. The summed E-state index contributed by atoms with van der Waals surface area (Å²) in [5.41, 5.74) is 1.27. The van der Waals surface area contributed by atoms with Crippen LogP contribution in [-0.2, 0) is 21.9 Å². The Morgan fingerprint density at radius 2 is 1.76 bits per heavy atom. The van der Waals surface area contributed by atoms with Crippen LogP contribution in [0.3, 0.4) is 0 Å². The highest BCUT2D eigenvalue weighted by Crippen LogP contribution is 2.36. The van der Waals surface area contributed by atoms with Gasteiger partial charge in [0, 0.05) is 25.8 Å². The lowest BCUT2D eigenvalue weighted by atomic mass is 9.85. The van der Waals surface area contributed by atoms with E-state index in [9.17, 15) is 28.5 Å². The fraction of sp³-hybridized carbons (Fsp3) is 0.567. The predicted molar refractivity (Wildman–Crippen MR) is 156 cm³/mol. The van der Waals surface area contributed by atoms with Crippen molar-refractivity contribution >= 4 is 16.1 Å². The van der Waals surface area contributed by atoms with E-state index in [0.29, 0.717) is 30.8 Å². The smallest absolute Gasteiger partial charge is 0.404 e. The third-order valence-corrected chi connectivity index (χ3v) is 9.07. The number of fused-ring (bicyclic) bond motifs is 1. The van der Waals surface area contributed by atoms with E-state index in [0.717, 1.165) is 11.1 Å². The number of ether oxygens (including phenoxy) is 2. The highest BCUT2D eigenvalue weighted by molar-refractivity contribution is 7.89. The van der Waals surface area contributed by atoms with E-state index < -0.39 is 33.7 Å². The number of hydrogen-bond acceptors (Lipinski definition) is 7. The molecule has 2 aromatic carbocycles. The van der Waals surface area contributed by atoms with Gasteiger partial charge in [0.15, 0.2) is 11.5 Å². The molecule has 1 aliphatic heterocycles. The molecule has 0 aliphatic carbocycles. The molecule has 0 spiro atoms. The number of aliphatic hydroxyl groups excluding tert-OH is 2. The highest BCUT2D eigenvalue weighted by Gasteiger charge is 2.35. The molecule has 11 heteroatoms. The van der Waals surface area contributed by atoms with E-state index in [1.54, 1.807) is 0 Å². The summed E-state index contributed by atoms with van der Waals surface area (Å²) in [5.74, 6) is 0.765. The summed E-state index contributed by atoms with van der Waals surface area (Å²) in [4.78, 5) is 11.7. The summed E-state index contributed by atoms with van der Waals surface area (Å²) in [6.07, 6.45) is -0.532. The van der Waals surface area contributed by atoms with Gasteiger partial charge in [-0.25, -0.2) is 13.2 Å². The Labute approximate surface area is 243 Å². The van der Waals surface area contributed by atoms with Crippen LogP contribution < -0.4 is 14.8 Å². The minimum Gasteiger partial charge on any atom is -0.465 e. The van der Waals surface area contributed by atoms with Crippen LogP contribution in [0.25, 0.3) is 0 Å². The molecule has 0 aromatic heterocycles. The van der Waals surface area contributed by atoms with Crippen molar-refractivity contribution in [1.29, 1.82) is 0 Å². The van der Waals surface area contributed by atoms with Crippen molar-refractivity contribution in [3.8, 4) is 11.5 Å². The maximum Gasteiger partial charge on any atom is 0.404 e. The van der Waals surface area contributed by atoms with Gasteiger partial charge in [0.25, 0.3) is 0 Å². The van der Waals surface area contributed by atoms with Crippen LogP contribution in [0.5, 0.6) is 11.5 Å². The molecule has 1 heterocycles. The standard InChI is InChI=1S/C30H44N2O8S/c1-29(2,3)22-10-8-9-21(15-22)16-24(31-28(35)36)25(34)18-32(19-30(4,5)13-6-7-14-33)41(37,38)23-11-12-26-27(17-23)40-20-39-26/h8-12,15,17,24-25,31,33-34H,6-7,13-14,16,18-20H2,1-5H3,(H,35,36)/t24-,25+/m0/s1. The largest absolute Gasteiger partial charge is 0.465 e. The van der Waals surface area contributed by atoms with E-state index in [2.05, 4.69) is 26.1 Å². The third-order valence-electron chi connectivity index (χ3n) is 7.26. The molecule has 1 amide bonds. The Morgan fingerprint density at radius 1 is 1.05 bits per heavy atom. The lowest BCUT2D eigenvalue weighted by Gasteiger charge is -2.35. The zero-order chi connectivity index (χ0) is 30.4. The van der Waals surface area contributed by atoms with Crippen LogP contribution in [0.1, 0.15) is 65.0 Å². The second-order valence-corrected chi connectivity index (χ2v) is 14.4. The van der Waals surface area contributed by atoms with Crippen LogP contribution in [0.4, 0.5) is 4.79 Å². The normalized spacial score (nSPS) is 15.1. The molecule has 3 rings (SSSR count). The number of sulfonamides is 1. The van der Waals surface area contributed by atoms with Crippen molar-refractivity contribution in [2.75, 3.05) is 26.5 Å². The molecular formula is C30H44N2O8S. The quantitative estimate of drug-likeness (QED) is 0.240. The Morgan fingerprint density at radius 3 is 2.41 bits per heavy atom. The van der Waals surface area contributed by atoms with Gasteiger partial charge in [-0.05, 0) is 53.4 Å². The summed E-state index contributed by atoms with van der Waals surface area (Å²) in [5, 5.41) is 32.6. The van der Waals surface area contributed by atoms with Gasteiger partial charge >= 0.3 is 6.09 Å². The van der Waals surface area contributed by atoms with Gasteiger partial charge in [0.05, 0.1) is 17.0 Å². The molecule has 0 fully saturated rings. The molecule has 4 N–H and O–H groups in total. The highest BCUT2D eigenvalue weighted by atomic mass is 32.2. The van der Waals surface area contributed by atoms with E-state index in [4.69, 9.17) is 9.47 Å². The molecule has 41 heavy (non-hydrogen) atoms. The molecule has 2 aromatic rings. The lowest BCUT2D eigenvalue weighted by molar-refractivity contribution is 0.0901. The van der Waals surface area contributed by atoms with Gasteiger partial charge in [0.2, 0.25) is 16.8 Å². The fourth-order valence-electron chi connectivity index (χ4n) is 4.90. The third kappa shape index (κ3) is 9.06. The monoisotopic (exact) mass is 592 g/mol. The average Bonchev–Trinajstić information content (AvgIpc) is 3.35. The summed E-state index contributed by atoms with van der Waals surface area (Å²) < 4.78 is 39.9. The summed E-state index contributed by atoms with van der Waals surface area (Å²) in [6.45, 7) is 9.90. The molecule has 0 saturated carbocycles. The van der Waals surface area contributed by atoms with E-state index in [1.165, 1.54) is 22.5 Å². The molecular weight excluding hydrogens is 548 g/mol. The van der Waals surface area contributed by atoms with Crippen LogP contribution in [0, 0.1) is 5.41 Å². The van der Waals surface area contributed by atoms with Crippen molar-refractivity contribution in [3.05, 3.63) is 53.6 Å². The van der Waals surface area contributed by atoms with Crippen molar-refractivity contribution in [1.82, 2.24) is 9.62 Å². The number of carbonyl (C=O) groups is 1. The number of nitrogens with zero attached hydrogens (tertiary/aromatic N) is 1. The minimum absolute atomic E-state index is 0.00188. The van der Waals surface area contributed by atoms with Gasteiger partial charge in [-0.15, -0.1) is 0 Å². The number of nitrogens with one attached hydrogen (secondary N) is 1. The number of hydrogen-bond donors (Lipinski definition) is 4. The molecule has 0 unspecified atom stereocenters. The van der Waals surface area contributed by atoms with Gasteiger partial charge in [0.1, 0.15) is 0 Å². The Hall–Kier alpha value is -2.86. The number of rotatable bonds is 14. The van der Waals surface area contributed by atoms with Crippen molar-refractivity contribution in [3.63, 3.8) is 0 Å². The van der Waals surface area contributed by atoms with Crippen LogP contribution in [0.2, 0.25) is 0 Å². The second kappa shape index (κ2) is 13.4. The molecule has 228 valence electrons. The number of carboxylic acid groups (broad SMARTS) is 1. The minimum atomic E-state index is -4.13. The maximum atomic E-state index is 14.0. The second-order valence-electron chi connectivity index (χ2n) is 12.4. The fourth-order valence-corrected chi connectivity index (χ4v) is 6.56. The molecule has 0 bridgehead atoms. The predicted octanol–water partition coefficient (Wildman–Crippen LogP) is 4.13. The molecule has 2 atom stereocenters. The topological polar surface area (TPSA) is 146 Å². The van der Waals surface area contributed by atoms with Crippen LogP contribution in [0.15, 0.2) is 47.4 Å². The summed E-state index contributed by atoms with van der Waals surface area (Å²) in [6, 6.07) is 11.1. The molecule has 0 saturated heterocycles. The first-order valence-electron chi connectivity index (χ1n) is 13.9. The summed E-state index contributed by atoms with van der Waals surface area (Å²) >= 11 is 0. The Bertz CT molecular complexity index is 1290. The van der Waals surface area contributed by atoms with E-state index in [-0.39, 0.29) is 43.2 Å².